The Bertz CT molecular complexity index is 1490. The normalized spacial score (nSPS) is 11.1. The molecule has 2 aromatic carbocycles. The number of para-hydroxylation sites is 2. The molecule has 0 aliphatic heterocycles. The van der Waals surface area contributed by atoms with Crippen molar-refractivity contribution in [3.8, 4) is 11.4 Å². The summed E-state index contributed by atoms with van der Waals surface area (Å²) in [6.07, 6.45) is 7.64. The first-order valence-corrected chi connectivity index (χ1v) is 12.1. The largest absolute Gasteiger partial charge is 0.486 e. The van der Waals surface area contributed by atoms with Crippen LogP contribution in [0.25, 0.3) is 11.3 Å². The van der Waals surface area contributed by atoms with E-state index in [1.165, 1.54) is 5.56 Å². The first-order valence-electron chi connectivity index (χ1n) is 12.1. The number of nitrogens with one attached hydrogen (secondary N) is 1. The van der Waals surface area contributed by atoms with Gasteiger partial charge in [-0.15, -0.1) is 0 Å². The van der Waals surface area contributed by atoms with Crippen LogP contribution in [0.1, 0.15) is 39.3 Å². The zero-order chi connectivity index (χ0) is 24.9. The van der Waals surface area contributed by atoms with Gasteiger partial charge in [-0.2, -0.15) is 5.10 Å². The Balaban J connectivity index is 1.16. The van der Waals surface area contributed by atoms with Gasteiger partial charge in [0.05, 0.1) is 22.6 Å². The molecule has 0 saturated carbocycles. The average Bonchev–Trinajstić information content (AvgIpc) is 3.50. The predicted molar refractivity (Wildman–Crippen MR) is 140 cm³/mol. The van der Waals surface area contributed by atoms with Crippen LogP contribution in [-0.4, -0.2) is 31.6 Å². The number of rotatable bonds is 9. The lowest BCUT2D eigenvalue weighted by atomic mass is 10.1. The number of hydrogen-bond acceptors (Lipinski definition) is 4. The van der Waals surface area contributed by atoms with E-state index in [2.05, 4.69) is 21.6 Å². The Labute approximate surface area is 210 Å². The van der Waals surface area contributed by atoms with E-state index in [1.54, 1.807) is 6.07 Å². The molecule has 182 valence electrons. The number of aromatic nitrogens is 4. The van der Waals surface area contributed by atoms with Crippen LogP contribution in [0.15, 0.2) is 85.3 Å². The van der Waals surface area contributed by atoms with Crippen LogP contribution in [0.3, 0.4) is 0 Å². The standard InChI is InChI=1S/C29H29N5O2/c1-21-10-9-17-33-19-24(31-28(21)33)20-36-27-15-7-6-14-26(27)29(35)30-16-8-11-23-18-34(32-22(23)2)25-12-4-3-5-13-25/h3-7,9-10,12-15,17-19H,8,11,16,20H2,1-2H3,(H,30,35). The predicted octanol–water partition coefficient (Wildman–Crippen LogP) is 5.08. The number of imidazole rings is 1. The summed E-state index contributed by atoms with van der Waals surface area (Å²) >= 11 is 0. The molecule has 1 N–H and O–H groups in total. The molecule has 7 heteroatoms. The molecule has 0 aliphatic rings. The Kier molecular flexibility index (Phi) is 6.80. The zero-order valence-electron chi connectivity index (χ0n) is 20.5. The Hall–Kier alpha value is -4.39. The summed E-state index contributed by atoms with van der Waals surface area (Å²) in [5, 5.41) is 7.65. The maximum atomic E-state index is 12.9. The van der Waals surface area contributed by atoms with E-state index >= 15 is 0 Å². The van der Waals surface area contributed by atoms with Crippen LogP contribution in [-0.2, 0) is 13.0 Å². The lowest BCUT2D eigenvalue weighted by molar-refractivity contribution is 0.0948. The number of pyridine rings is 1. The van der Waals surface area contributed by atoms with Crippen molar-refractivity contribution in [1.29, 1.82) is 0 Å². The van der Waals surface area contributed by atoms with Crippen LogP contribution in [0, 0.1) is 13.8 Å². The number of hydrogen-bond donors (Lipinski definition) is 1. The second-order valence-electron chi connectivity index (χ2n) is 8.82. The van der Waals surface area contributed by atoms with Crippen LogP contribution in [0.2, 0.25) is 0 Å². The number of ether oxygens (including phenoxy) is 1. The summed E-state index contributed by atoms with van der Waals surface area (Å²) in [5.74, 6) is 0.400. The van der Waals surface area contributed by atoms with Gasteiger partial charge in [0.2, 0.25) is 0 Å². The molecule has 0 unspecified atom stereocenters. The van der Waals surface area contributed by atoms with Crippen LogP contribution in [0.4, 0.5) is 0 Å². The first kappa shape index (κ1) is 23.4. The van der Waals surface area contributed by atoms with Gasteiger partial charge < -0.3 is 14.5 Å². The topological polar surface area (TPSA) is 73.5 Å². The molecule has 0 saturated heterocycles. The minimum absolute atomic E-state index is 0.145. The van der Waals surface area contributed by atoms with Gasteiger partial charge in [-0.05, 0) is 68.1 Å². The van der Waals surface area contributed by atoms with Crippen LogP contribution in [0.5, 0.6) is 5.75 Å². The number of aryl methyl sites for hydroxylation is 3. The lowest BCUT2D eigenvalue weighted by Crippen LogP contribution is -2.25. The highest BCUT2D eigenvalue weighted by Gasteiger charge is 2.13. The van der Waals surface area contributed by atoms with Gasteiger partial charge in [-0.25, -0.2) is 9.67 Å². The fourth-order valence-electron chi connectivity index (χ4n) is 4.24. The maximum Gasteiger partial charge on any atom is 0.255 e. The summed E-state index contributed by atoms with van der Waals surface area (Å²) in [6.45, 7) is 4.90. The van der Waals surface area contributed by atoms with Crippen molar-refractivity contribution in [3.63, 3.8) is 0 Å². The molecule has 5 aromatic rings. The summed E-state index contributed by atoms with van der Waals surface area (Å²) < 4.78 is 9.89. The number of nitrogens with zero attached hydrogens (tertiary/aromatic N) is 4. The quantitative estimate of drug-likeness (QED) is 0.299. The number of carbonyl (C=O) groups excluding carboxylic acids is 1. The molecule has 0 atom stereocenters. The summed E-state index contributed by atoms with van der Waals surface area (Å²) in [7, 11) is 0. The fraction of sp³-hybridized carbons (Fsp3) is 0.207. The second kappa shape index (κ2) is 10.5. The van der Waals surface area contributed by atoms with Gasteiger partial charge in [0.25, 0.3) is 5.91 Å². The van der Waals surface area contributed by atoms with Gasteiger partial charge in [-0.3, -0.25) is 4.79 Å². The van der Waals surface area contributed by atoms with Crippen molar-refractivity contribution in [2.75, 3.05) is 6.54 Å². The third-order valence-corrected chi connectivity index (χ3v) is 6.16. The van der Waals surface area contributed by atoms with Crippen LogP contribution >= 0.6 is 0 Å². The van der Waals surface area contributed by atoms with Crippen molar-refractivity contribution >= 4 is 11.6 Å². The molecule has 0 fully saturated rings. The minimum atomic E-state index is -0.145. The van der Waals surface area contributed by atoms with E-state index in [0.717, 1.165) is 41.1 Å². The summed E-state index contributed by atoms with van der Waals surface area (Å²) in [4.78, 5) is 17.6. The molecule has 3 aromatic heterocycles. The lowest BCUT2D eigenvalue weighted by Gasteiger charge is -2.11. The number of fused-ring (bicyclic) bond motifs is 1. The monoisotopic (exact) mass is 479 g/mol. The van der Waals surface area contributed by atoms with Gasteiger partial charge in [0, 0.05) is 25.1 Å². The molecular weight excluding hydrogens is 450 g/mol. The van der Waals surface area contributed by atoms with E-state index in [4.69, 9.17) is 4.74 Å². The van der Waals surface area contributed by atoms with Crippen LogP contribution < -0.4 is 10.1 Å². The Morgan fingerprint density at radius 2 is 1.78 bits per heavy atom. The van der Waals surface area contributed by atoms with E-state index in [1.807, 2.05) is 96.0 Å². The van der Waals surface area contributed by atoms with Gasteiger partial charge in [0.15, 0.2) is 0 Å². The van der Waals surface area contributed by atoms with E-state index < -0.39 is 0 Å². The molecule has 7 nitrogen and oxygen atoms in total. The first-order chi connectivity index (χ1) is 17.6. The molecule has 3 heterocycles. The molecule has 1 amide bonds. The van der Waals surface area contributed by atoms with Gasteiger partial charge >= 0.3 is 0 Å². The highest BCUT2D eigenvalue weighted by molar-refractivity contribution is 5.96. The van der Waals surface area contributed by atoms with Crippen molar-refractivity contribution in [2.45, 2.75) is 33.3 Å². The van der Waals surface area contributed by atoms with Crippen molar-refractivity contribution in [2.24, 2.45) is 0 Å². The SMILES string of the molecule is Cc1nn(-c2ccccc2)cc1CCCNC(=O)c1ccccc1OCc1cn2cccc(C)c2n1. The summed E-state index contributed by atoms with van der Waals surface area (Å²) in [5.41, 5.74) is 6.57. The number of carbonyl (C=O) groups is 1. The van der Waals surface area contributed by atoms with E-state index in [0.29, 0.717) is 17.9 Å². The van der Waals surface area contributed by atoms with E-state index in [-0.39, 0.29) is 12.5 Å². The van der Waals surface area contributed by atoms with Crippen molar-refractivity contribution in [1.82, 2.24) is 24.5 Å². The van der Waals surface area contributed by atoms with Gasteiger partial charge in [0.1, 0.15) is 18.0 Å². The van der Waals surface area contributed by atoms with Crippen molar-refractivity contribution < 1.29 is 9.53 Å². The highest BCUT2D eigenvalue weighted by atomic mass is 16.5. The van der Waals surface area contributed by atoms with Gasteiger partial charge in [-0.1, -0.05) is 36.4 Å². The molecule has 0 bridgehead atoms. The fourth-order valence-corrected chi connectivity index (χ4v) is 4.24. The molecule has 36 heavy (non-hydrogen) atoms. The second-order valence-corrected chi connectivity index (χ2v) is 8.82. The smallest absolute Gasteiger partial charge is 0.255 e. The molecule has 0 spiro atoms. The molecule has 0 radical (unpaired) electrons. The molecule has 0 aliphatic carbocycles. The Morgan fingerprint density at radius 3 is 2.61 bits per heavy atom. The van der Waals surface area contributed by atoms with E-state index in [9.17, 15) is 4.79 Å². The molecule has 5 rings (SSSR count). The summed E-state index contributed by atoms with van der Waals surface area (Å²) in [6, 6.07) is 21.4. The van der Waals surface area contributed by atoms with Crippen molar-refractivity contribution in [3.05, 3.63) is 113 Å². The maximum absolute atomic E-state index is 12.9. The average molecular weight is 480 g/mol. The Morgan fingerprint density at radius 1 is 0.972 bits per heavy atom. The minimum Gasteiger partial charge on any atom is -0.486 e. The number of benzene rings is 2. The number of amides is 1. The highest BCUT2D eigenvalue weighted by Crippen LogP contribution is 2.20. The third kappa shape index (κ3) is 5.15. The zero-order valence-corrected chi connectivity index (χ0v) is 20.5. The third-order valence-electron chi connectivity index (χ3n) is 6.16. The molecular formula is C29H29N5O2.